The number of rotatable bonds is 9. The minimum Gasteiger partial charge on any atom is -0.366 e. The van der Waals surface area contributed by atoms with Gasteiger partial charge >= 0.3 is 0 Å². The number of hydrogen-bond donors (Lipinski definition) is 0. The summed E-state index contributed by atoms with van der Waals surface area (Å²) in [5.41, 5.74) is 1.54. The van der Waals surface area contributed by atoms with E-state index in [-0.39, 0.29) is 11.8 Å². The van der Waals surface area contributed by atoms with Crippen LogP contribution < -0.4 is 0 Å². The molecule has 0 aliphatic carbocycles. The highest BCUT2D eigenvalue weighted by Crippen LogP contribution is 2.37. The number of halogens is 2. The first-order valence-corrected chi connectivity index (χ1v) is 12.0. The lowest BCUT2D eigenvalue weighted by molar-refractivity contribution is -0.137. The number of imide groups is 1. The Bertz CT molecular complexity index is 813. The highest BCUT2D eigenvalue weighted by molar-refractivity contribution is 6.41. The molecule has 0 unspecified atom stereocenters. The van der Waals surface area contributed by atoms with Crippen LogP contribution in [-0.4, -0.2) is 41.2 Å². The average Bonchev–Trinajstić information content (AvgIpc) is 2.96. The molecular weight excluding hydrogens is 419 g/mol. The highest BCUT2D eigenvalue weighted by atomic mass is 35.5. The molecule has 0 radical (unpaired) electrons. The van der Waals surface area contributed by atoms with Crippen LogP contribution in [0.1, 0.15) is 70.8 Å². The topological polar surface area (TPSA) is 40.6 Å². The summed E-state index contributed by atoms with van der Waals surface area (Å²) in [5, 5.41) is 0.918. The van der Waals surface area contributed by atoms with Gasteiger partial charge in [0.15, 0.2) is 0 Å². The zero-order valence-electron chi connectivity index (χ0n) is 18.1. The molecule has 0 saturated carbocycles. The third-order valence-electron chi connectivity index (χ3n) is 6.18. The molecule has 2 aliphatic heterocycles. The first-order chi connectivity index (χ1) is 14.4. The van der Waals surface area contributed by atoms with Crippen molar-refractivity contribution in [3.63, 3.8) is 0 Å². The summed E-state index contributed by atoms with van der Waals surface area (Å²) in [6.45, 7) is 6.46. The molecule has 2 aliphatic rings. The quantitative estimate of drug-likeness (QED) is 0.333. The number of carbonyl (C=O) groups is 2. The molecule has 1 fully saturated rings. The maximum atomic E-state index is 13.4. The molecule has 0 spiro atoms. The van der Waals surface area contributed by atoms with Crippen LogP contribution in [0.5, 0.6) is 0 Å². The zero-order valence-corrected chi connectivity index (χ0v) is 19.6. The lowest BCUT2D eigenvalue weighted by Gasteiger charge is -2.32. The van der Waals surface area contributed by atoms with Gasteiger partial charge in [-0.15, -0.1) is 0 Å². The minimum absolute atomic E-state index is 0.177. The van der Waals surface area contributed by atoms with Crippen LogP contribution in [0.4, 0.5) is 0 Å². The lowest BCUT2D eigenvalue weighted by atomic mass is 9.97. The SMILES string of the molecule is CCCCCCCCN1C(=O)C(c2ccc(Cl)cc2Cl)=C(N2CCC(C)CC2)C1=O. The Labute approximate surface area is 190 Å². The number of carbonyl (C=O) groups excluding carboxylic acids is 2. The van der Waals surface area contributed by atoms with Gasteiger partial charge in [-0.3, -0.25) is 14.5 Å². The number of nitrogens with zero attached hydrogens (tertiary/aromatic N) is 2. The van der Waals surface area contributed by atoms with E-state index in [2.05, 4.69) is 18.7 Å². The number of hydrogen-bond acceptors (Lipinski definition) is 3. The van der Waals surface area contributed by atoms with Gasteiger partial charge in [0, 0.05) is 30.2 Å². The monoisotopic (exact) mass is 450 g/mol. The lowest BCUT2D eigenvalue weighted by Crippen LogP contribution is -2.38. The van der Waals surface area contributed by atoms with Gasteiger partial charge < -0.3 is 4.90 Å². The summed E-state index contributed by atoms with van der Waals surface area (Å²) in [4.78, 5) is 30.2. The number of unbranched alkanes of at least 4 members (excludes halogenated alkanes) is 5. The van der Waals surface area contributed by atoms with Gasteiger partial charge in [-0.1, -0.05) is 75.2 Å². The van der Waals surface area contributed by atoms with Crippen molar-refractivity contribution >= 4 is 40.6 Å². The fraction of sp³-hybridized carbons (Fsp3) is 0.583. The van der Waals surface area contributed by atoms with Crippen molar-refractivity contribution in [3.8, 4) is 0 Å². The van der Waals surface area contributed by atoms with E-state index in [1.54, 1.807) is 18.2 Å². The van der Waals surface area contributed by atoms with Gasteiger partial charge in [-0.25, -0.2) is 0 Å². The van der Waals surface area contributed by atoms with Crippen LogP contribution in [0.25, 0.3) is 5.57 Å². The fourth-order valence-electron chi connectivity index (χ4n) is 4.28. The van der Waals surface area contributed by atoms with Gasteiger partial charge in [0.05, 0.1) is 10.6 Å². The summed E-state index contributed by atoms with van der Waals surface area (Å²) in [6, 6.07) is 5.11. The molecular formula is C24H32Cl2N2O2. The van der Waals surface area contributed by atoms with Crippen molar-refractivity contribution in [3.05, 3.63) is 39.5 Å². The first-order valence-electron chi connectivity index (χ1n) is 11.2. The standard InChI is InChI=1S/C24H32Cl2N2O2/c1-3-4-5-6-7-8-13-28-23(29)21(19-10-9-18(25)16-20(19)26)22(24(28)30)27-14-11-17(2)12-15-27/h9-10,16-17H,3-8,11-15H2,1-2H3. The van der Waals surface area contributed by atoms with Crippen molar-refractivity contribution in [2.24, 2.45) is 5.92 Å². The summed E-state index contributed by atoms with van der Waals surface area (Å²) in [7, 11) is 0. The van der Waals surface area contributed by atoms with Crippen molar-refractivity contribution in [2.75, 3.05) is 19.6 Å². The van der Waals surface area contributed by atoms with Crippen molar-refractivity contribution in [2.45, 2.75) is 65.2 Å². The summed E-state index contributed by atoms with van der Waals surface area (Å²) in [5.74, 6) is 0.228. The highest BCUT2D eigenvalue weighted by Gasteiger charge is 2.42. The molecule has 0 aromatic heterocycles. The van der Waals surface area contributed by atoms with Gasteiger partial charge in [0.25, 0.3) is 11.8 Å². The van der Waals surface area contributed by atoms with Gasteiger partial charge in [-0.05, 0) is 37.3 Å². The number of piperidine rings is 1. The van der Waals surface area contributed by atoms with E-state index in [0.717, 1.165) is 45.2 Å². The molecule has 0 N–H and O–H groups in total. The van der Waals surface area contributed by atoms with Crippen LogP contribution in [0.15, 0.2) is 23.9 Å². The second-order valence-corrected chi connectivity index (χ2v) is 9.39. The molecule has 0 bridgehead atoms. The maximum Gasteiger partial charge on any atom is 0.277 e. The van der Waals surface area contributed by atoms with E-state index in [1.807, 2.05) is 0 Å². The Morgan fingerprint density at radius 3 is 2.30 bits per heavy atom. The Morgan fingerprint density at radius 1 is 0.967 bits per heavy atom. The van der Waals surface area contributed by atoms with Gasteiger partial charge in [0.2, 0.25) is 0 Å². The second-order valence-electron chi connectivity index (χ2n) is 8.55. The summed E-state index contributed by atoms with van der Waals surface area (Å²) >= 11 is 12.5. The largest absolute Gasteiger partial charge is 0.366 e. The summed E-state index contributed by atoms with van der Waals surface area (Å²) in [6.07, 6.45) is 8.70. The van der Waals surface area contributed by atoms with Crippen molar-refractivity contribution < 1.29 is 9.59 Å². The molecule has 30 heavy (non-hydrogen) atoms. The molecule has 1 aromatic rings. The molecule has 6 heteroatoms. The van der Waals surface area contributed by atoms with Crippen molar-refractivity contribution in [1.29, 1.82) is 0 Å². The maximum absolute atomic E-state index is 13.4. The third kappa shape index (κ3) is 5.20. The van der Waals surface area contributed by atoms with Crippen LogP contribution in [0.2, 0.25) is 10.0 Å². The second kappa shape index (κ2) is 10.7. The molecule has 2 heterocycles. The average molecular weight is 451 g/mol. The number of amides is 2. The van der Waals surface area contributed by atoms with Crippen LogP contribution in [0, 0.1) is 5.92 Å². The van der Waals surface area contributed by atoms with E-state index in [4.69, 9.17) is 23.2 Å². The first kappa shape index (κ1) is 23.1. The smallest absolute Gasteiger partial charge is 0.277 e. The summed E-state index contributed by atoms with van der Waals surface area (Å²) < 4.78 is 0. The van der Waals surface area contributed by atoms with Gasteiger partial charge in [-0.2, -0.15) is 0 Å². The molecule has 4 nitrogen and oxygen atoms in total. The van der Waals surface area contributed by atoms with E-state index in [1.165, 1.54) is 24.2 Å². The van der Waals surface area contributed by atoms with E-state index in [9.17, 15) is 9.59 Å². The molecule has 1 saturated heterocycles. The van der Waals surface area contributed by atoms with Gasteiger partial charge in [0.1, 0.15) is 5.70 Å². The number of benzene rings is 1. The normalized spacial score (nSPS) is 18.1. The Hall–Kier alpha value is -1.52. The fourth-order valence-corrected chi connectivity index (χ4v) is 4.78. The van der Waals surface area contributed by atoms with E-state index < -0.39 is 0 Å². The third-order valence-corrected chi connectivity index (χ3v) is 6.73. The Morgan fingerprint density at radius 2 is 1.63 bits per heavy atom. The Kier molecular flexibility index (Phi) is 8.24. The molecule has 3 rings (SSSR count). The van der Waals surface area contributed by atoms with E-state index >= 15 is 0 Å². The zero-order chi connectivity index (χ0) is 21.7. The van der Waals surface area contributed by atoms with Crippen LogP contribution in [0.3, 0.4) is 0 Å². The Balaban J connectivity index is 1.83. The van der Waals surface area contributed by atoms with Crippen LogP contribution in [-0.2, 0) is 9.59 Å². The molecule has 164 valence electrons. The molecule has 2 amide bonds. The van der Waals surface area contributed by atoms with E-state index in [0.29, 0.717) is 39.3 Å². The number of likely N-dealkylation sites (tertiary alicyclic amines) is 1. The predicted octanol–water partition coefficient (Wildman–Crippen LogP) is 6.17. The van der Waals surface area contributed by atoms with Crippen molar-refractivity contribution in [1.82, 2.24) is 9.80 Å². The predicted molar refractivity (Wildman–Crippen MR) is 123 cm³/mol. The van der Waals surface area contributed by atoms with Crippen LogP contribution >= 0.6 is 23.2 Å². The minimum atomic E-state index is -0.230. The molecule has 0 atom stereocenters. The molecule has 1 aromatic carbocycles.